The van der Waals surface area contributed by atoms with Crippen LogP contribution in [0.5, 0.6) is 0 Å². The number of aliphatic hydroxyl groups is 1. The highest BCUT2D eigenvalue weighted by Gasteiger charge is 2.20. The summed E-state index contributed by atoms with van der Waals surface area (Å²) in [5.41, 5.74) is 9.52. The summed E-state index contributed by atoms with van der Waals surface area (Å²) in [6.45, 7) is 4.70. The van der Waals surface area contributed by atoms with Crippen LogP contribution in [0.25, 0.3) is 11.1 Å². The number of aromatic nitrogens is 2. The summed E-state index contributed by atoms with van der Waals surface area (Å²) < 4.78 is 1.83. The van der Waals surface area contributed by atoms with Gasteiger partial charge in [0.15, 0.2) is 5.84 Å². The van der Waals surface area contributed by atoms with E-state index in [-0.39, 0.29) is 5.56 Å². The van der Waals surface area contributed by atoms with Crippen LogP contribution in [0.3, 0.4) is 0 Å². The van der Waals surface area contributed by atoms with Crippen LogP contribution < -0.4 is 11.0 Å². The van der Waals surface area contributed by atoms with Crippen LogP contribution in [-0.2, 0) is 30.6 Å². The third-order valence-electron chi connectivity index (χ3n) is 7.10. The van der Waals surface area contributed by atoms with Gasteiger partial charge in [-0.15, -0.1) is 0 Å². The zero-order valence-electron chi connectivity index (χ0n) is 22.4. The second-order valence-corrected chi connectivity index (χ2v) is 9.82. The van der Waals surface area contributed by atoms with Crippen molar-refractivity contribution in [3.05, 3.63) is 123 Å². The molecule has 39 heavy (non-hydrogen) atoms. The molecule has 0 amide bonds. The molecule has 1 aromatic heterocycles. The molecule has 0 bridgehead atoms. The van der Waals surface area contributed by atoms with Gasteiger partial charge in [-0.25, -0.2) is 20.3 Å². The first-order valence-corrected chi connectivity index (χ1v) is 13.5. The van der Waals surface area contributed by atoms with Crippen molar-refractivity contribution in [3.8, 4) is 11.1 Å². The molecule has 7 heteroatoms. The molecule has 0 saturated heterocycles. The fourth-order valence-corrected chi connectivity index (χ4v) is 4.98. The van der Waals surface area contributed by atoms with Gasteiger partial charge in [0.25, 0.3) is 12.0 Å². The number of unbranched alkanes of at least 4 members (excludes halogenated alkanes) is 1. The van der Waals surface area contributed by atoms with E-state index in [1.165, 1.54) is 5.56 Å². The monoisotopic (exact) mass is 522 g/mol. The molecule has 200 valence electrons. The second kappa shape index (κ2) is 12.2. The number of nitrogens with one attached hydrogen (secondary N) is 1. The maximum absolute atomic E-state index is 13.8. The van der Waals surface area contributed by atoms with Crippen molar-refractivity contribution in [3.63, 3.8) is 0 Å². The Kier molecular flexibility index (Phi) is 8.30. The lowest BCUT2D eigenvalue weighted by Crippen LogP contribution is -2.30. The van der Waals surface area contributed by atoms with E-state index in [2.05, 4.69) is 53.8 Å². The van der Waals surface area contributed by atoms with Crippen LogP contribution in [0, 0.1) is 6.92 Å². The summed E-state index contributed by atoms with van der Waals surface area (Å²) in [5.74, 6) is 1.26. The number of aryl methyl sites for hydroxylation is 3. The van der Waals surface area contributed by atoms with Crippen molar-refractivity contribution >= 4 is 5.84 Å². The Balaban J connectivity index is 1.43. The van der Waals surface area contributed by atoms with Crippen molar-refractivity contribution in [2.75, 3.05) is 0 Å². The number of hydroxylamine groups is 1. The molecule has 2 heterocycles. The number of aliphatic imine (C=N–C) groups is 1. The highest BCUT2D eigenvalue weighted by atomic mass is 16.7. The molecule has 0 aliphatic carbocycles. The number of amidine groups is 1. The third-order valence-corrected chi connectivity index (χ3v) is 7.10. The normalized spacial score (nSPS) is 14.7. The van der Waals surface area contributed by atoms with E-state index >= 15 is 0 Å². The van der Waals surface area contributed by atoms with E-state index in [1.807, 2.05) is 54.0 Å². The van der Waals surface area contributed by atoms with Crippen molar-refractivity contribution in [2.45, 2.75) is 58.9 Å². The molecule has 7 nitrogen and oxygen atoms in total. The summed E-state index contributed by atoms with van der Waals surface area (Å²) >= 11 is 0. The zero-order chi connectivity index (χ0) is 27.2. The van der Waals surface area contributed by atoms with Crippen LogP contribution in [0.2, 0.25) is 0 Å². The molecule has 4 aromatic rings. The number of benzene rings is 3. The Hall–Kier alpha value is -4.07. The second-order valence-electron chi connectivity index (χ2n) is 9.82. The van der Waals surface area contributed by atoms with Gasteiger partial charge in [0, 0.05) is 24.1 Å². The molecular formula is C32H34N4O3. The Bertz CT molecular complexity index is 1510. The van der Waals surface area contributed by atoms with Crippen molar-refractivity contribution in [2.24, 2.45) is 4.99 Å². The molecule has 1 aliphatic rings. The number of aliphatic hydroxyl groups excluding tert-OH is 1. The van der Waals surface area contributed by atoms with Crippen LogP contribution in [0.1, 0.15) is 53.5 Å². The van der Waals surface area contributed by atoms with Crippen LogP contribution >= 0.6 is 0 Å². The lowest BCUT2D eigenvalue weighted by Gasteiger charge is -2.16. The number of hydrogen-bond donors (Lipinski definition) is 2. The molecule has 2 N–H and O–H groups in total. The number of hydrogen-bond acceptors (Lipinski definition) is 6. The molecule has 5 rings (SSSR count). The van der Waals surface area contributed by atoms with E-state index in [0.29, 0.717) is 18.8 Å². The third kappa shape index (κ3) is 6.16. The maximum atomic E-state index is 13.8. The van der Waals surface area contributed by atoms with E-state index < -0.39 is 6.41 Å². The van der Waals surface area contributed by atoms with Gasteiger partial charge in [0.05, 0.1) is 5.69 Å². The topological polar surface area (TPSA) is 88.7 Å². The first-order valence-electron chi connectivity index (χ1n) is 13.5. The largest absolute Gasteiger partial charge is 0.348 e. The lowest BCUT2D eigenvalue weighted by atomic mass is 9.96. The predicted molar refractivity (Wildman–Crippen MR) is 153 cm³/mol. The lowest BCUT2D eigenvalue weighted by molar-refractivity contribution is -0.102. The zero-order valence-corrected chi connectivity index (χ0v) is 22.4. The Morgan fingerprint density at radius 3 is 2.33 bits per heavy atom. The smallest absolute Gasteiger partial charge is 0.280 e. The standard InChI is InChI=1S/C32H34N4O3/c1-3-4-14-29-28(31(37)36(22(2)33-29)20-19-23-10-6-5-7-11-23)21-24-15-17-25(18-16-24)26-12-8-9-13-27(26)30-34-32(38)39-35-30/h5-13,15-18,32,38H,3-4,14,19-21H2,1-2H3,(H,34,35). The van der Waals surface area contributed by atoms with Crippen molar-refractivity contribution in [1.82, 2.24) is 15.0 Å². The quantitative estimate of drug-likeness (QED) is 0.308. The first kappa shape index (κ1) is 26.5. The highest BCUT2D eigenvalue weighted by Crippen LogP contribution is 2.26. The van der Waals surface area contributed by atoms with E-state index in [0.717, 1.165) is 65.0 Å². The Morgan fingerprint density at radius 2 is 1.64 bits per heavy atom. The molecule has 0 spiro atoms. The highest BCUT2D eigenvalue weighted by molar-refractivity contribution is 6.04. The SMILES string of the molecule is CCCCc1nc(C)n(CCc2ccccc2)c(=O)c1Cc1ccc(-c2ccccc2C2=NC(O)ON2)cc1. The molecular weight excluding hydrogens is 488 g/mol. The fraction of sp³-hybridized carbons (Fsp3) is 0.281. The molecule has 0 fully saturated rings. The van der Waals surface area contributed by atoms with Crippen molar-refractivity contribution in [1.29, 1.82) is 0 Å². The summed E-state index contributed by atoms with van der Waals surface area (Å²) in [6, 6.07) is 26.3. The predicted octanol–water partition coefficient (Wildman–Crippen LogP) is 4.95. The minimum absolute atomic E-state index is 0.0582. The summed E-state index contributed by atoms with van der Waals surface area (Å²) in [7, 11) is 0. The van der Waals surface area contributed by atoms with Crippen LogP contribution in [0.15, 0.2) is 88.6 Å². The summed E-state index contributed by atoms with van der Waals surface area (Å²) in [6.07, 6.45) is 2.96. The average molecular weight is 523 g/mol. The number of nitrogens with zero attached hydrogens (tertiary/aromatic N) is 3. The Labute approximate surface area is 228 Å². The van der Waals surface area contributed by atoms with E-state index in [9.17, 15) is 9.90 Å². The van der Waals surface area contributed by atoms with Gasteiger partial charge in [0.1, 0.15) is 5.82 Å². The molecule has 0 saturated carbocycles. The van der Waals surface area contributed by atoms with Gasteiger partial charge >= 0.3 is 0 Å². The van der Waals surface area contributed by atoms with Crippen LogP contribution in [0.4, 0.5) is 0 Å². The fourth-order valence-electron chi connectivity index (χ4n) is 4.98. The average Bonchev–Trinajstić information content (AvgIpc) is 3.40. The summed E-state index contributed by atoms with van der Waals surface area (Å²) in [4.78, 5) is 27.8. The van der Waals surface area contributed by atoms with Gasteiger partial charge < -0.3 is 5.11 Å². The van der Waals surface area contributed by atoms with E-state index in [4.69, 9.17) is 9.82 Å². The van der Waals surface area contributed by atoms with Gasteiger partial charge in [-0.1, -0.05) is 92.2 Å². The molecule has 1 atom stereocenters. The van der Waals surface area contributed by atoms with E-state index in [1.54, 1.807) is 0 Å². The molecule has 1 unspecified atom stereocenters. The van der Waals surface area contributed by atoms with Gasteiger partial charge in [-0.05, 0) is 48.4 Å². The molecule has 0 radical (unpaired) electrons. The minimum atomic E-state index is -1.21. The van der Waals surface area contributed by atoms with Crippen molar-refractivity contribution < 1.29 is 9.94 Å². The van der Waals surface area contributed by atoms with Crippen LogP contribution in [-0.4, -0.2) is 26.9 Å². The van der Waals surface area contributed by atoms with Gasteiger partial charge in [-0.3, -0.25) is 9.36 Å². The molecule has 3 aromatic carbocycles. The number of rotatable bonds is 10. The minimum Gasteiger partial charge on any atom is -0.348 e. The van der Waals surface area contributed by atoms with Gasteiger partial charge in [-0.2, -0.15) is 0 Å². The maximum Gasteiger partial charge on any atom is 0.280 e. The Morgan fingerprint density at radius 1 is 0.923 bits per heavy atom. The van der Waals surface area contributed by atoms with Gasteiger partial charge in [0.2, 0.25) is 0 Å². The molecule has 1 aliphatic heterocycles. The first-order chi connectivity index (χ1) is 19.0. The summed E-state index contributed by atoms with van der Waals surface area (Å²) in [5, 5.41) is 9.62.